The number of benzene rings is 1. The molecule has 21 heavy (non-hydrogen) atoms. The van der Waals surface area contributed by atoms with E-state index in [0.29, 0.717) is 6.54 Å². The number of aryl methyl sites for hydroxylation is 1. The molecule has 0 saturated carbocycles. The average molecular weight is 346 g/mol. The first-order valence-corrected chi connectivity index (χ1v) is 7.06. The fraction of sp³-hybridized carbons (Fsp3) is 0.286. The number of rotatable bonds is 3. The van der Waals surface area contributed by atoms with Gasteiger partial charge in [-0.2, -0.15) is 0 Å². The first-order chi connectivity index (χ1) is 9.22. The highest BCUT2D eigenvalue weighted by atomic mass is 35.5. The van der Waals surface area contributed by atoms with E-state index in [9.17, 15) is 4.79 Å². The van der Waals surface area contributed by atoms with Crippen molar-refractivity contribution in [2.24, 2.45) is 0 Å². The van der Waals surface area contributed by atoms with Gasteiger partial charge in [0, 0.05) is 29.7 Å². The van der Waals surface area contributed by atoms with E-state index in [2.05, 4.69) is 15.6 Å². The van der Waals surface area contributed by atoms with Crippen LogP contribution in [0.4, 0.5) is 0 Å². The molecule has 1 amide bonds. The smallest absolute Gasteiger partial charge is 0.251 e. The van der Waals surface area contributed by atoms with Crippen LogP contribution in [0.25, 0.3) is 0 Å². The quantitative estimate of drug-likeness (QED) is 0.899. The number of hydrogen-bond donors (Lipinski definition) is 2. The molecule has 7 heteroatoms. The lowest BCUT2D eigenvalue weighted by Crippen LogP contribution is -2.22. The van der Waals surface area contributed by atoms with Gasteiger partial charge in [-0.1, -0.05) is 6.07 Å². The van der Waals surface area contributed by atoms with E-state index in [0.717, 1.165) is 28.5 Å². The first-order valence-electron chi connectivity index (χ1n) is 6.24. The summed E-state index contributed by atoms with van der Waals surface area (Å²) in [7, 11) is 0. The highest BCUT2D eigenvalue weighted by Crippen LogP contribution is 2.17. The average Bonchev–Trinajstić information content (AvgIpc) is 3.03. The molecular weight excluding hydrogens is 329 g/mol. The largest absolute Gasteiger partial charge is 0.347 e. The Morgan fingerprint density at radius 2 is 2.10 bits per heavy atom. The minimum Gasteiger partial charge on any atom is -0.347 e. The zero-order valence-electron chi connectivity index (χ0n) is 11.5. The van der Waals surface area contributed by atoms with Crippen molar-refractivity contribution in [2.75, 3.05) is 0 Å². The van der Waals surface area contributed by atoms with Crippen molar-refractivity contribution >= 4 is 42.1 Å². The number of fused-ring (bicyclic) bond motifs is 1. The maximum atomic E-state index is 12.1. The third kappa shape index (κ3) is 4.17. The highest BCUT2D eigenvalue weighted by Gasteiger charge is 2.13. The fourth-order valence-corrected chi connectivity index (χ4v) is 2.93. The van der Waals surface area contributed by atoms with Gasteiger partial charge in [0.1, 0.15) is 0 Å². The molecule has 2 heterocycles. The van der Waals surface area contributed by atoms with Crippen LogP contribution in [0.3, 0.4) is 0 Å². The SMILES string of the molecule is Cc1ncc(CNC(=O)c2ccc3c(c2)CNC3)s1.Cl.Cl. The normalized spacial score (nSPS) is 12.0. The number of nitrogens with one attached hydrogen (secondary N) is 2. The highest BCUT2D eigenvalue weighted by molar-refractivity contribution is 7.11. The van der Waals surface area contributed by atoms with Gasteiger partial charge < -0.3 is 10.6 Å². The predicted molar refractivity (Wildman–Crippen MR) is 89.5 cm³/mol. The van der Waals surface area contributed by atoms with Crippen molar-refractivity contribution in [1.29, 1.82) is 0 Å². The van der Waals surface area contributed by atoms with E-state index in [1.807, 2.05) is 31.3 Å². The number of carbonyl (C=O) groups excluding carboxylic acids is 1. The second-order valence-corrected chi connectivity index (χ2v) is 5.93. The Morgan fingerprint density at radius 3 is 2.81 bits per heavy atom. The number of carbonyl (C=O) groups is 1. The summed E-state index contributed by atoms with van der Waals surface area (Å²) in [5.74, 6) is -0.0271. The molecule has 0 radical (unpaired) electrons. The van der Waals surface area contributed by atoms with E-state index in [-0.39, 0.29) is 30.7 Å². The third-order valence-corrected chi connectivity index (χ3v) is 4.10. The molecule has 0 aliphatic carbocycles. The molecule has 0 spiro atoms. The molecule has 1 aromatic carbocycles. The van der Waals surface area contributed by atoms with Crippen molar-refractivity contribution in [1.82, 2.24) is 15.6 Å². The molecule has 3 rings (SSSR count). The summed E-state index contributed by atoms with van der Waals surface area (Å²) in [6, 6.07) is 5.89. The number of thiazole rings is 1. The van der Waals surface area contributed by atoms with Gasteiger partial charge in [0.2, 0.25) is 0 Å². The summed E-state index contributed by atoms with van der Waals surface area (Å²) < 4.78 is 0. The van der Waals surface area contributed by atoms with Crippen LogP contribution in [0, 0.1) is 6.92 Å². The summed E-state index contributed by atoms with van der Waals surface area (Å²) in [6.07, 6.45) is 1.81. The monoisotopic (exact) mass is 345 g/mol. The van der Waals surface area contributed by atoms with Crippen LogP contribution in [-0.4, -0.2) is 10.9 Å². The first kappa shape index (κ1) is 17.9. The van der Waals surface area contributed by atoms with Crippen LogP contribution >= 0.6 is 36.2 Å². The van der Waals surface area contributed by atoms with Crippen molar-refractivity contribution in [3.05, 3.63) is 51.0 Å². The van der Waals surface area contributed by atoms with Crippen LogP contribution in [0.15, 0.2) is 24.4 Å². The standard InChI is InChI=1S/C14H15N3OS.2ClH/c1-9-16-7-13(19-9)8-17-14(18)10-2-3-11-5-15-6-12(11)4-10;;/h2-4,7,15H,5-6,8H2,1H3,(H,17,18);2*1H. The van der Waals surface area contributed by atoms with Crippen LogP contribution in [0.5, 0.6) is 0 Å². The molecule has 114 valence electrons. The van der Waals surface area contributed by atoms with Gasteiger partial charge in [-0.3, -0.25) is 4.79 Å². The lowest BCUT2D eigenvalue weighted by molar-refractivity contribution is 0.0951. The minimum absolute atomic E-state index is 0. The Bertz CT molecular complexity index is 630. The van der Waals surface area contributed by atoms with E-state index in [1.165, 1.54) is 11.1 Å². The van der Waals surface area contributed by atoms with Crippen LogP contribution < -0.4 is 10.6 Å². The van der Waals surface area contributed by atoms with Crippen molar-refractivity contribution < 1.29 is 4.79 Å². The van der Waals surface area contributed by atoms with Crippen molar-refractivity contribution in [3.8, 4) is 0 Å². The zero-order valence-corrected chi connectivity index (χ0v) is 14.0. The molecule has 0 unspecified atom stereocenters. The van der Waals surface area contributed by atoms with E-state index in [1.54, 1.807) is 11.3 Å². The maximum Gasteiger partial charge on any atom is 0.251 e. The fourth-order valence-electron chi connectivity index (χ4n) is 2.19. The summed E-state index contributed by atoms with van der Waals surface area (Å²) in [4.78, 5) is 17.3. The molecular formula is C14H17Cl2N3OS. The van der Waals surface area contributed by atoms with Crippen LogP contribution in [0.2, 0.25) is 0 Å². The number of amides is 1. The van der Waals surface area contributed by atoms with Crippen molar-refractivity contribution in [3.63, 3.8) is 0 Å². The Hall–Kier alpha value is -1.14. The minimum atomic E-state index is -0.0271. The van der Waals surface area contributed by atoms with Gasteiger partial charge in [0.05, 0.1) is 11.6 Å². The van der Waals surface area contributed by atoms with Gasteiger partial charge in [0.25, 0.3) is 5.91 Å². The lowest BCUT2D eigenvalue weighted by atomic mass is 10.1. The number of hydrogen-bond acceptors (Lipinski definition) is 4. The number of halogens is 2. The topological polar surface area (TPSA) is 54.0 Å². The van der Waals surface area contributed by atoms with Gasteiger partial charge in [-0.15, -0.1) is 36.2 Å². The Morgan fingerprint density at radius 1 is 1.33 bits per heavy atom. The van der Waals surface area contributed by atoms with E-state index >= 15 is 0 Å². The Labute approximate surface area is 140 Å². The molecule has 0 saturated heterocycles. The summed E-state index contributed by atoms with van der Waals surface area (Å²) in [6.45, 7) is 4.25. The summed E-state index contributed by atoms with van der Waals surface area (Å²) in [5.41, 5.74) is 3.24. The van der Waals surface area contributed by atoms with Crippen LogP contribution in [0.1, 0.15) is 31.4 Å². The third-order valence-electron chi connectivity index (χ3n) is 3.19. The Kier molecular flexibility index (Phi) is 6.61. The summed E-state index contributed by atoms with van der Waals surface area (Å²) >= 11 is 1.61. The second-order valence-electron chi connectivity index (χ2n) is 4.62. The molecule has 2 N–H and O–H groups in total. The number of aromatic nitrogens is 1. The molecule has 1 aromatic heterocycles. The van der Waals surface area contributed by atoms with E-state index < -0.39 is 0 Å². The summed E-state index contributed by atoms with van der Waals surface area (Å²) in [5, 5.41) is 7.23. The Balaban J connectivity index is 0.00000110. The van der Waals surface area contributed by atoms with Gasteiger partial charge >= 0.3 is 0 Å². The zero-order chi connectivity index (χ0) is 13.2. The predicted octanol–water partition coefficient (Wildman–Crippen LogP) is 2.83. The van der Waals surface area contributed by atoms with Crippen molar-refractivity contribution in [2.45, 2.75) is 26.6 Å². The molecule has 0 bridgehead atoms. The molecule has 0 fully saturated rings. The lowest BCUT2D eigenvalue weighted by Gasteiger charge is -2.05. The van der Waals surface area contributed by atoms with Gasteiger partial charge in [-0.05, 0) is 30.2 Å². The van der Waals surface area contributed by atoms with Gasteiger partial charge in [-0.25, -0.2) is 4.98 Å². The van der Waals surface area contributed by atoms with Crippen LogP contribution in [-0.2, 0) is 19.6 Å². The molecule has 0 atom stereocenters. The second kappa shape index (κ2) is 7.75. The molecule has 1 aliphatic rings. The number of nitrogens with zero attached hydrogens (tertiary/aromatic N) is 1. The molecule has 4 nitrogen and oxygen atoms in total. The van der Waals surface area contributed by atoms with Gasteiger partial charge in [0.15, 0.2) is 0 Å². The molecule has 1 aliphatic heterocycles. The molecule has 2 aromatic rings. The maximum absolute atomic E-state index is 12.1. The van der Waals surface area contributed by atoms with E-state index in [4.69, 9.17) is 0 Å².